The predicted octanol–water partition coefficient (Wildman–Crippen LogP) is 2.24. The summed E-state index contributed by atoms with van der Waals surface area (Å²) in [5.74, 6) is 0.824. The number of aliphatic imine (C=N–C) groups is 1. The van der Waals surface area contributed by atoms with Gasteiger partial charge in [-0.3, -0.25) is 9.98 Å². The first-order valence-corrected chi connectivity index (χ1v) is 7.92. The van der Waals surface area contributed by atoms with Crippen molar-refractivity contribution in [2.75, 3.05) is 26.7 Å². The Morgan fingerprint density at radius 2 is 2.09 bits per heavy atom. The number of nitrogens with zero attached hydrogens (tertiary/aromatic N) is 2. The molecule has 0 aliphatic rings. The number of ether oxygens (including phenoxy) is 1. The van der Waals surface area contributed by atoms with Crippen LogP contribution in [0.3, 0.4) is 0 Å². The summed E-state index contributed by atoms with van der Waals surface area (Å²) in [4.78, 5) is 8.95. The van der Waals surface area contributed by atoms with Gasteiger partial charge >= 0.3 is 0 Å². The van der Waals surface area contributed by atoms with E-state index in [0.29, 0.717) is 6.54 Å². The van der Waals surface area contributed by atoms with Crippen LogP contribution < -0.4 is 10.6 Å². The number of rotatable bonds is 7. The van der Waals surface area contributed by atoms with Crippen LogP contribution in [0, 0.1) is 5.41 Å². The summed E-state index contributed by atoms with van der Waals surface area (Å²) in [5, 5.41) is 6.61. The zero-order chi connectivity index (χ0) is 16.4. The Labute approximate surface area is 134 Å². The average molecular weight is 306 g/mol. The molecule has 0 fully saturated rings. The van der Waals surface area contributed by atoms with Gasteiger partial charge in [-0.1, -0.05) is 26.8 Å². The normalized spacial score (nSPS) is 13.8. The zero-order valence-corrected chi connectivity index (χ0v) is 14.5. The van der Waals surface area contributed by atoms with Gasteiger partial charge in [-0.2, -0.15) is 0 Å². The molecular weight excluding hydrogens is 276 g/mol. The minimum atomic E-state index is 0.0729. The van der Waals surface area contributed by atoms with Crippen LogP contribution in [0.2, 0.25) is 0 Å². The van der Waals surface area contributed by atoms with E-state index in [0.717, 1.165) is 31.2 Å². The van der Waals surface area contributed by atoms with Gasteiger partial charge in [0, 0.05) is 38.5 Å². The molecule has 124 valence electrons. The number of aromatic nitrogens is 1. The van der Waals surface area contributed by atoms with Gasteiger partial charge in [-0.15, -0.1) is 0 Å². The van der Waals surface area contributed by atoms with E-state index >= 15 is 0 Å². The lowest BCUT2D eigenvalue weighted by molar-refractivity contribution is 0.0241. The maximum absolute atomic E-state index is 5.54. The Morgan fingerprint density at radius 3 is 2.64 bits per heavy atom. The molecule has 2 N–H and O–H groups in total. The highest BCUT2D eigenvalue weighted by Crippen LogP contribution is 2.21. The van der Waals surface area contributed by atoms with Crippen molar-refractivity contribution in [1.29, 1.82) is 0 Å². The second-order valence-electron chi connectivity index (χ2n) is 6.31. The number of nitrogens with one attached hydrogen (secondary N) is 2. The molecule has 0 saturated carbocycles. The number of methoxy groups -OCH3 is 1. The molecule has 1 heterocycles. The minimum absolute atomic E-state index is 0.0729. The highest BCUT2D eigenvalue weighted by molar-refractivity contribution is 5.79. The highest BCUT2D eigenvalue weighted by Gasteiger charge is 2.23. The second kappa shape index (κ2) is 9.41. The molecule has 0 amide bonds. The molecule has 0 aromatic carbocycles. The number of hydrogen-bond donors (Lipinski definition) is 2. The fourth-order valence-corrected chi connectivity index (χ4v) is 2.07. The minimum Gasteiger partial charge on any atom is -0.379 e. The Bertz CT molecular complexity index is 440. The first kappa shape index (κ1) is 18.4. The van der Waals surface area contributed by atoms with Crippen LogP contribution in [0.4, 0.5) is 0 Å². The van der Waals surface area contributed by atoms with Crippen LogP contribution in [-0.2, 0) is 11.2 Å². The molecule has 0 saturated heterocycles. The van der Waals surface area contributed by atoms with Gasteiger partial charge in [0.2, 0.25) is 0 Å². The molecule has 0 aliphatic heterocycles. The smallest absolute Gasteiger partial charge is 0.191 e. The summed E-state index contributed by atoms with van der Waals surface area (Å²) in [5.41, 5.74) is 1.15. The quantitative estimate of drug-likeness (QED) is 0.599. The van der Waals surface area contributed by atoms with E-state index in [4.69, 9.17) is 4.74 Å². The van der Waals surface area contributed by atoms with Crippen molar-refractivity contribution in [2.24, 2.45) is 10.4 Å². The summed E-state index contributed by atoms with van der Waals surface area (Å²) in [6.07, 6.45) is 2.79. The molecule has 0 spiro atoms. The van der Waals surface area contributed by atoms with Crippen LogP contribution in [0.1, 0.15) is 33.4 Å². The largest absolute Gasteiger partial charge is 0.379 e. The van der Waals surface area contributed by atoms with Crippen LogP contribution in [0.5, 0.6) is 0 Å². The molecule has 1 atom stereocenters. The summed E-state index contributed by atoms with van der Waals surface area (Å²) < 4.78 is 5.54. The fourth-order valence-electron chi connectivity index (χ4n) is 2.07. The SMILES string of the molecule is CCNC(=NCC(OC)C(C)(C)C)NCCc1ccccn1. The highest BCUT2D eigenvalue weighted by atomic mass is 16.5. The van der Waals surface area contributed by atoms with Gasteiger partial charge in [0.1, 0.15) is 0 Å². The lowest BCUT2D eigenvalue weighted by Gasteiger charge is -2.28. The molecule has 1 aromatic heterocycles. The molecule has 0 radical (unpaired) electrons. The Balaban J connectivity index is 2.51. The van der Waals surface area contributed by atoms with Crippen molar-refractivity contribution in [3.8, 4) is 0 Å². The summed E-state index contributed by atoms with van der Waals surface area (Å²) >= 11 is 0. The van der Waals surface area contributed by atoms with Gasteiger partial charge in [0.25, 0.3) is 0 Å². The maximum Gasteiger partial charge on any atom is 0.191 e. The Kier molecular flexibility index (Phi) is 7.88. The standard InChI is InChI=1S/C17H30N4O/c1-6-18-16(21-13-15(22-5)17(2,3)4)20-12-10-14-9-7-8-11-19-14/h7-9,11,15H,6,10,12-13H2,1-5H3,(H2,18,20,21). The van der Waals surface area contributed by atoms with E-state index in [9.17, 15) is 0 Å². The van der Waals surface area contributed by atoms with E-state index in [1.807, 2.05) is 24.4 Å². The van der Waals surface area contributed by atoms with E-state index in [1.54, 1.807) is 7.11 Å². The number of pyridine rings is 1. The molecule has 1 aromatic rings. The Hall–Kier alpha value is -1.62. The van der Waals surface area contributed by atoms with Crippen molar-refractivity contribution in [2.45, 2.75) is 40.2 Å². The summed E-state index contributed by atoms with van der Waals surface area (Å²) in [7, 11) is 1.74. The van der Waals surface area contributed by atoms with Crippen molar-refractivity contribution in [1.82, 2.24) is 15.6 Å². The van der Waals surface area contributed by atoms with Crippen LogP contribution in [0.25, 0.3) is 0 Å². The van der Waals surface area contributed by atoms with Crippen molar-refractivity contribution >= 4 is 5.96 Å². The zero-order valence-electron chi connectivity index (χ0n) is 14.5. The first-order chi connectivity index (χ1) is 10.5. The van der Waals surface area contributed by atoms with Crippen molar-refractivity contribution < 1.29 is 4.74 Å². The van der Waals surface area contributed by atoms with E-state index < -0.39 is 0 Å². The summed E-state index contributed by atoms with van der Waals surface area (Å²) in [6.45, 7) is 10.8. The van der Waals surface area contributed by atoms with Gasteiger partial charge < -0.3 is 15.4 Å². The van der Waals surface area contributed by atoms with Gasteiger partial charge in [0.15, 0.2) is 5.96 Å². The molecule has 22 heavy (non-hydrogen) atoms. The lowest BCUT2D eigenvalue weighted by Crippen LogP contribution is -2.40. The third kappa shape index (κ3) is 6.89. The van der Waals surface area contributed by atoms with Gasteiger partial charge in [-0.25, -0.2) is 0 Å². The maximum atomic E-state index is 5.54. The third-order valence-electron chi connectivity index (χ3n) is 3.41. The molecule has 1 unspecified atom stereocenters. The third-order valence-corrected chi connectivity index (χ3v) is 3.41. The summed E-state index contributed by atoms with van der Waals surface area (Å²) in [6, 6.07) is 5.97. The molecular formula is C17H30N4O. The van der Waals surface area contributed by atoms with E-state index in [1.165, 1.54) is 0 Å². The van der Waals surface area contributed by atoms with E-state index in [2.05, 4.69) is 48.3 Å². The topological polar surface area (TPSA) is 58.5 Å². The van der Waals surface area contributed by atoms with Gasteiger partial charge in [-0.05, 0) is 24.5 Å². The average Bonchev–Trinajstić information content (AvgIpc) is 2.47. The number of guanidine groups is 1. The Morgan fingerprint density at radius 1 is 1.32 bits per heavy atom. The molecule has 0 aliphatic carbocycles. The van der Waals surface area contributed by atoms with Crippen LogP contribution in [0.15, 0.2) is 29.4 Å². The number of hydrogen-bond acceptors (Lipinski definition) is 3. The fraction of sp³-hybridized carbons (Fsp3) is 0.647. The molecule has 5 heteroatoms. The van der Waals surface area contributed by atoms with Crippen LogP contribution >= 0.6 is 0 Å². The van der Waals surface area contributed by atoms with E-state index in [-0.39, 0.29) is 11.5 Å². The van der Waals surface area contributed by atoms with Crippen molar-refractivity contribution in [3.63, 3.8) is 0 Å². The second-order valence-corrected chi connectivity index (χ2v) is 6.31. The first-order valence-electron chi connectivity index (χ1n) is 7.92. The molecule has 1 rings (SSSR count). The molecule has 5 nitrogen and oxygen atoms in total. The monoisotopic (exact) mass is 306 g/mol. The van der Waals surface area contributed by atoms with Crippen LogP contribution in [-0.4, -0.2) is 43.8 Å². The predicted molar refractivity (Wildman–Crippen MR) is 92.2 cm³/mol. The molecule has 0 bridgehead atoms. The lowest BCUT2D eigenvalue weighted by atomic mass is 9.89. The van der Waals surface area contributed by atoms with Gasteiger partial charge in [0.05, 0.1) is 12.6 Å². The van der Waals surface area contributed by atoms with Crippen molar-refractivity contribution in [3.05, 3.63) is 30.1 Å².